The topological polar surface area (TPSA) is 41.1 Å². The summed E-state index contributed by atoms with van der Waals surface area (Å²) in [7, 11) is 0. The molecule has 0 aliphatic heterocycles. The van der Waals surface area contributed by atoms with E-state index in [1.165, 1.54) is 6.08 Å². The van der Waals surface area contributed by atoms with E-state index in [-0.39, 0.29) is 5.91 Å². The molecule has 1 amide bonds. The van der Waals surface area contributed by atoms with E-state index in [0.29, 0.717) is 5.92 Å². The maximum atomic E-state index is 10.5. The van der Waals surface area contributed by atoms with Gasteiger partial charge in [-0.25, -0.2) is 5.43 Å². The summed E-state index contributed by atoms with van der Waals surface area (Å²) in [6.45, 7) is 8.21. The molecule has 0 unspecified atom stereocenters. The van der Waals surface area contributed by atoms with Crippen LogP contribution in [-0.2, 0) is 4.79 Å². The first-order valence-corrected chi connectivity index (χ1v) is 3.32. The van der Waals surface area contributed by atoms with Crippen LogP contribution in [0.1, 0.15) is 13.8 Å². The molecule has 3 heteroatoms. The summed E-state index contributed by atoms with van der Waals surface area (Å²) in [6, 6.07) is 0. The second-order valence-electron chi connectivity index (χ2n) is 2.47. The average molecular weight is 142 g/mol. The monoisotopic (exact) mass is 142 g/mol. The highest BCUT2D eigenvalue weighted by Gasteiger charge is 1.93. The van der Waals surface area contributed by atoms with Gasteiger partial charge in [-0.1, -0.05) is 20.4 Å². The van der Waals surface area contributed by atoms with Crippen molar-refractivity contribution in [2.45, 2.75) is 13.8 Å². The predicted octanol–water partition coefficient (Wildman–Crippen LogP) is 0.449. The molecule has 0 aliphatic carbocycles. The van der Waals surface area contributed by atoms with Crippen molar-refractivity contribution < 1.29 is 4.79 Å². The van der Waals surface area contributed by atoms with Gasteiger partial charge in [0, 0.05) is 6.54 Å². The molecule has 0 aromatic heterocycles. The van der Waals surface area contributed by atoms with Crippen LogP contribution in [0, 0.1) is 5.92 Å². The first-order valence-electron chi connectivity index (χ1n) is 3.32. The Hall–Kier alpha value is -0.830. The van der Waals surface area contributed by atoms with Gasteiger partial charge in [-0.05, 0) is 12.0 Å². The zero-order valence-electron chi connectivity index (χ0n) is 6.48. The van der Waals surface area contributed by atoms with Crippen molar-refractivity contribution >= 4 is 5.91 Å². The summed E-state index contributed by atoms with van der Waals surface area (Å²) in [5.74, 6) is 0.339. The SMILES string of the molecule is C=CC(=O)NNCC(C)C. The molecule has 0 fully saturated rings. The van der Waals surface area contributed by atoms with Crippen LogP contribution in [0.5, 0.6) is 0 Å². The van der Waals surface area contributed by atoms with Gasteiger partial charge < -0.3 is 0 Å². The molecule has 0 aliphatic rings. The van der Waals surface area contributed by atoms with Gasteiger partial charge in [0.1, 0.15) is 0 Å². The Labute approximate surface area is 61.5 Å². The molecule has 0 bridgehead atoms. The van der Waals surface area contributed by atoms with E-state index in [1.54, 1.807) is 0 Å². The standard InChI is InChI=1S/C7H14N2O/c1-4-7(10)9-8-5-6(2)3/h4,6,8H,1,5H2,2-3H3,(H,9,10). The largest absolute Gasteiger partial charge is 0.288 e. The van der Waals surface area contributed by atoms with Crippen molar-refractivity contribution in [2.24, 2.45) is 5.92 Å². The molecule has 3 nitrogen and oxygen atoms in total. The number of amides is 1. The lowest BCUT2D eigenvalue weighted by molar-refractivity contribution is -0.117. The molecule has 0 saturated heterocycles. The van der Waals surface area contributed by atoms with Crippen molar-refractivity contribution in [3.8, 4) is 0 Å². The van der Waals surface area contributed by atoms with Gasteiger partial charge in [-0.3, -0.25) is 10.2 Å². The molecule has 10 heavy (non-hydrogen) atoms. The van der Waals surface area contributed by atoms with Crippen LogP contribution in [-0.4, -0.2) is 12.5 Å². The predicted molar refractivity (Wildman–Crippen MR) is 41.2 cm³/mol. The Bertz CT molecular complexity index is 121. The maximum Gasteiger partial charge on any atom is 0.257 e. The van der Waals surface area contributed by atoms with E-state index in [9.17, 15) is 4.79 Å². The van der Waals surface area contributed by atoms with Crippen LogP contribution >= 0.6 is 0 Å². The smallest absolute Gasteiger partial charge is 0.257 e. The van der Waals surface area contributed by atoms with Crippen molar-refractivity contribution in [3.05, 3.63) is 12.7 Å². The van der Waals surface area contributed by atoms with E-state index >= 15 is 0 Å². The van der Waals surface area contributed by atoms with Crippen LogP contribution in [0.25, 0.3) is 0 Å². The molecule has 0 atom stereocenters. The Morgan fingerprint density at radius 1 is 1.70 bits per heavy atom. The van der Waals surface area contributed by atoms with Crippen LogP contribution in [0.4, 0.5) is 0 Å². The third-order valence-electron chi connectivity index (χ3n) is 0.907. The zero-order chi connectivity index (χ0) is 7.98. The fourth-order valence-corrected chi connectivity index (χ4v) is 0.393. The van der Waals surface area contributed by atoms with Gasteiger partial charge in [0.05, 0.1) is 0 Å². The first kappa shape index (κ1) is 9.17. The minimum Gasteiger partial charge on any atom is -0.288 e. The lowest BCUT2D eigenvalue weighted by atomic mass is 10.2. The van der Waals surface area contributed by atoms with Gasteiger partial charge in [0.2, 0.25) is 0 Å². The average Bonchev–Trinajstić information content (AvgIpc) is 1.87. The van der Waals surface area contributed by atoms with Gasteiger partial charge >= 0.3 is 0 Å². The van der Waals surface area contributed by atoms with E-state index in [2.05, 4.69) is 31.3 Å². The highest BCUT2D eigenvalue weighted by atomic mass is 16.2. The normalized spacial score (nSPS) is 9.50. The van der Waals surface area contributed by atoms with Crippen LogP contribution in [0.2, 0.25) is 0 Å². The summed E-state index contributed by atoms with van der Waals surface area (Å²) in [4.78, 5) is 10.5. The lowest BCUT2D eigenvalue weighted by Crippen LogP contribution is -2.38. The maximum absolute atomic E-state index is 10.5. The summed E-state index contributed by atoms with van der Waals surface area (Å²) < 4.78 is 0. The van der Waals surface area contributed by atoms with Crippen LogP contribution in [0.3, 0.4) is 0 Å². The number of hydrazine groups is 1. The van der Waals surface area contributed by atoms with Crippen molar-refractivity contribution in [3.63, 3.8) is 0 Å². The molecule has 0 rings (SSSR count). The number of carbonyl (C=O) groups excluding carboxylic acids is 1. The Balaban J connectivity index is 3.19. The number of nitrogens with one attached hydrogen (secondary N) is 2. The highest BCUT2D eigenvalue weighted by Crippen LogP contribution is 1.84. The van der Waals surface area contributed by atoms with Gasteiger partial charge in [-0.15, -0.1) is 0 Å². The lowest BCUT2D eigenvalue weighted by Gasteiger charge is -2.06. The molecule has 0 saturated carbocycles. The molecule has 2 N–H and O–H groups in total. The molecule has 58 valence electrons. The Kier molecular flexibility index (Phi) is 4.58. The fraction of sp³-hybridized carbons (Fsp3) is 0.571. The van der Waals surface area contributed by atoms with Crippen molar-refractivity contribution in [1.29, 1.82) is 0 Å². The molecule has 0 heterocycles. The van der Waals surface area contributed by atoms with Crippen molar-refractivity contribution in [1.82, 2.24) is 10.9 Å². The third kappa shape index (κ3) is 5.31. The Morgan fingerprint density at radius 3 is 2.70 bits per heavy atom. The van der Waals surface area contributed by atoms with E-state index in [1.807, 2.05) is 0 Å². The van der Waals surface area contributed by atoms with Gasteiger partial charge in [0.15, 0.2) is 0 Å². The number of hydrogen-bond donors (Lipinski definition) is 2. The van der Waals surface area contributed by atoms with Crippen LogP contribution in [0.15, 0.2) is 12.7 Å². The molecular weight excluding hydrogens is 128 g/mol. The second-order valence-corrected chi connectivity index (χ2v) is 2.47. The molecule has 0 aromatic carbocycles. The minimum absolute atomic E-state index is 0.194. The van der Waals surface area contributed by atoms with E-state index < -0.39 is 0 Å². The molecular formula is C7H14N2O. The third-order valence-corrected chi connectivity index (χ3v) is 0.907. The second kappa shape index (κ2) is 4.99. The zero-order valence-corrected chi connectivity index (χ0v) is 6.48. The Morgan fingerprint density at radius 2 is 2.30 bits per heavy atom. The molecule has 0 spiro atoms. The van der Waals surface area contributed by atoms with Crippen LogP contribution < -0.4 is 10.9 Å². The number of carbonyl (C=O) groups is 1. The molecule has 0 radical (unpaired) electrons. The summed E-state index contributed by atoms with van der Waals surface area (Å²) in [5, 5.41) is 0. The number of rotatable bonds is 4. The van der Waals surface area contributed by atoms with E-state index in [0.717, 1.165) is 6.54 Å². The summed E-state index contributed by atoms with van der Waals surface area (Å²) >= 11 is 0. The molecule has 0 aromatic rings. The quantitative estimate of drug-likeness (QED) is 0.442. The van der Waals surface area contributed by atoms with Gasteiger partial charge in [0.25, 0.3) is 5.91 Å². The summed E-state index contributed by atoms with van der Waals surface area (Å²) in [6.07, 6.45) is 1.23. The van der Waals surface area contributed by atoms with Crippen molar-refractivity contribution in [2.75, 3.05) is 6.54 Å². The van der Waals surface area contributed by atoms with E-state index in [4.69, 9.17) is 0 Å². The fourth-order valence-electron chi connectivity index (χ4n) is 0.393. The number of hydrogen-bond acceptors (Lipinski definition) is 2. The van der Waals surface area contributed by atoms with Gasteiger partial charge in [-0.2, -0.15) is 0 Å². The highest BCUT2D eigenvalue weighted by molar-refractivity contribution is 5.86. The first-order chi connectivity index (χ1) is 4.66. The summed E-state index contributed by atoms with van der Waals surface area (Å²) in [5.41, 5.74) is 5.22. The minimum atomic E-state index is -0.194.